The first-order valence-electron chi connectivity index (χ1n) is 6.36. The van der Waals surface area contributed by atoms with E-state index in [1.165, 1.54) is 0 Å². The molecule has 0 heterocycles. The van der Waals surface area contributed by atoms with E-state index in [2.05, 4.69) is 4.98 Å². The van der Waals surface area contributed by atoms with E-state index in [1.807, 2.05) is 60.7 Å². The molecule has 0 saturated carbocycles. The molecular formula is C16H16N3O+. The highest BCUT2D eigenvalue weighted by Crippen LogP contribution is 2.14. The second-order valence-corrected chi connectivity index (χ2v) is 4.43. The largest absolute Gasteiger partial charge is 0.489 e. The Hall–Kier alpha value is -2.80. The van der Waals surface area contributed by atoms with Crippen LogP contribution in [0.15, 0.2) is 72.7 Å². The van der Waals surface area contributed by atoms with Crippen LogP contribution in [-0.2, 0) is 13.1 Å². The molecule has 100 valence electrons. The highest BCUT2D eigenvalue weighted by molar-refractivity contribution is 5.18. The van der Waals surface area contributed by atoms with Crippen molar-refractivity contribution in [3.05, 3.63) is 88.8 Å². The second-order valence-electron chi connectivity index (χ2n) is 4.43. The van der Waals surface area contributed by atoms with Crippen molar-refractivity contribution >= 4 is 0 Å². The Kier molecular flexibility index (Phi) is 4.74. The van der Waals surface area contributed by atoms with E-state index in [0.29, 0.717) is 13.1 Å². The van der Waals surface area contributed by atoms with Gasteiger partial charge in [-0.05, 0) is 11.1 Å². The number of aliphatic hydroxyl groups excluding tert-OH is 1. The van der Waals surface area contributed by atoms with E-state index in [4.69, 9.17) is 5.39 Å². The van der Waals surface area contributed by atoms with Crippen molar-refractivity contribution in [2.45, 2.75) is 13.1 Å². The molecule has 1 N–H and O–H groups in total. The van der Waals surface area contributed by atoms with Crippen LogP contribution in [0.1, 0.15) is 11.1 Å². The maximum Gasteiger partial charge on any atom is 0.409 e. The Labute approximate surface area is 118 Å². The Morgan fingerprint density at radius 1 is 0.950 bits per heavy atom. The number of diazo groups is 1. The molecule has 0 atom stereocenters. The van der Waals surface area contributed by atoms with Crippen LogP contribution in [0.5, 0.6) is 0 Å². The van der Waals surface area contributed by atoms with Crippen molar-refractivity contribution in [1.29, 1.82) is 5.39 Å². The number of benzene rings is 2. The molecule has 0 aliphatic heterocycles. The molecule has 0 unspecified atom stereocenters. The van der Waals surface area contributed by atoms with Gasteiger partial charge in [0.2, 0.25) is 5.39 Å². The van der Waals surface area contributed by atoms with Gasteiger partial charge in [-0.3, -0.25) is 0 Å². The van der Waals surface area contributed by atoms with Crippen LogP contribution in [-0.4, -0.2) is 10.0 Å². The molecular weight excluding hydrogens is 250 g/mol. The summed E-state index contributed by atoms with van der Waals surface area (Å²) in [4.78, 5) is 4.63. The zero-order valence-corrected chi connectivity index (χ0v) is 11.1. The van der Waals surface area contributed by atoms with Gasteiger partial charge in [-0.25, -0.2) is 0 Å². The van der Waals surface area contributed by atoms with Crippen LogP contribution in [0.2, 0.25) is 0 Å². The van der Waals surface area contributed by atoms with Gasteiger partial charge in [0.25, 0.3) is 5.88 Å². The second kappa shape index (κ2) is 6.95. The van der Waals surface area contributed by atoms with Gasteiger partial charge in [-0.15, -0.1) is 0 Å². The first-order valence-corrected chi connectivity index (χ1v) is 6.36. The molecule has 0 amide bonds. The van der Waals surface area contributed by atoms with E-state index in [-0.39, 0.29) is 5.88 Å². The predicted molar refractivity (Wildman–Crippen MR) is 77.9 cm³/mol. The van der Waals surface area contributed by atoms with Crippen molar-refractivity contribution < 1.29 is 5.11 Å². The first kappa shape index (κ1) is 13.6. The van der Waals surface area contributed by atoms with Crippen LogP contribution >= 0.6 is 0 Å². The minimum absolute atomic E-state index is 0.0693. The number of rotatable bonds is 5. The van der Waals surface area contributed by atoms with E-state index in [0.717, 1.165) is 17.3 Å². The molecule has 2 aromatic carbocycles. The Balaban J connectivity index is 2.17. The van der Waals surface area contributed by atoms with E-state index in [9.17, 15) is 5.11 Å². The van der Waals surface area contributed by atoms with Crippen molar-refractivity contribution in [1.82, 2.24) is 4.90 Å². The average molecular weight is 266 g/mol. The summed E-state index contributed by atoms with van der Waals surface area (Å²) >= 11 is 0. The fourth-order valence-electron chi connectivity index (χ4n) is 1.96. The fraction of sp³-hybridized carbons (Fsp3) is 0.125. The third kappa shape index (κ3) is 3.85. The SMILES string of the molecule is N#[N+]/C=C(\O)N(Cc1ccccc1)Cc1ccccc1. The number of aliphatic hydroxyl groups is 1. The zero-order valence-electron chi connectivity index (χ0n) is 11.1. The lowest BCUT2D eigenvalue weighted by atomic mass is 10.2. The third-order valence-electron chi connectivity index (χ3n) is 2.93. The van der Waals surface area contributed by atoms with E-state index < -0.39 is 0 Å². The maximum atomic E-state index is 9.96. The van der Waals surface area contributed by atoms with Gasteiger partial charge in [0.05, 0.1) is 0 Å². The van der Waals surface area contributed by atoms with Gasteiger partial charge in [-0.2, -0.15) is 0 Å². The molecule has 0 aromatic heterocycles. The van der Waals surface area contributed by atoms with Gasteiger partial charge in [0, 0.05) is 13.1 Å². The molecule has 0 fully saturated rings. The molecule has 20 heavy (non-hydrogen) atoms. The Morgan fingerprint density at radius 2 is 1.40 bits per heavy atom. The van der Waals surface area contributed by atoms with Crippen molar-refractivity contribution in [2.75, 3.05) is 0 Å². The maximum absolute atomic E-state index is 9.96. The zero-order chi connectivity index (χ0) is 14.2. The van der Waals surface area contributed by atoms with E-state index in [1.54, 1.807) is 4.90 Å². The monoisotopic (exact) mass is 266 g/mol. The summed E-state index contributed by atoms with van der Waals surface area (Å²) in [5.74, 6) is -0.0693. The highest BCUT2D eigenvalue weighted by atomic mass is 16.3. The summed E-state index contributed by atoms with van der Waals surface area (Å²) in [5, 5.41) is 18.5. The van der Waals surface area contributed by atoms with Crippen molar-refractivity contribution in [3.63, 3.8) is 0 Å². The Bertz CT molecular complexity index is 561. The van der Waals surface area contributed by atoms with Crippen molar-refractivity contribution in [3.8, 4) is 0 Å². The minimum atomic E-state index is -0.0693. The number of hydrogen-bond acceptors (Lipinski definition) is 3. The first-order chi connectivity index (χ1) is 9.79. The van der Waals surface area contributed by atoms with Crippen molar-refractivity contribution in [2.24, 2.45) is 0 Å². The number of hydrogen-bond donors (Lipinski definition) is 1. The lowest BCUT2D eigenvalue weighted by molar-refractivity contribution is 0.187. The summed E-state index contributed by atoms with van der Waals surface area (Å²) in [6.45, 7) is 1.07. The van der Waals surface area contributed by atoms with Crippen LogP contribution < -0.4 is 0 Å². The van der Waals surface area contributed by atoms with Gasteiger partial charge in [-0.1, -0.05) is 60.7 Å². The fourth-order valence-corrected chi connectivity index (χ4v) is 1.96. The average Bonchev–Trinajstić information content (AvgIpc) is 2.49. The number of nitrogens with zero attached hydrogens (tertiary/aromatic N) is 3. The molecule has 0 aliphatic carbocycles. The summed E-state index contributed by atoms with van der Waals surface area (Å²) in [6.07, 6.45) is 1.03. The predicted octanol–water partition coefficient (Wildman–Crippen LogP) is 3.90. The van der Waals surface area contributed by atoms with Crippen LogP contribution in [0.25, 0.3) is 4.98 Å². The Morgan fingerprint density at radius 3 is 1.80 bits per heavy atom. The summed E-state index contributed by atoms with van der Waals surface area (Å²) in [6, 6.07) is 19.7. The highest BCUT2D eigenvalue weighted by Gasteiger charge is 2.13. The smallest absolute Gasteiger partial charge is 0.409 e. The van der Waals surface area contributed by atoms with Gasteiger partial charge < -0.3 is 10.0 Å². The standard InChI is InChI=1S/C16H15N3O/c17-18-11-16(20)19(12-14-7-3-1-4-8-14)13-15-9-5-2-6-10-15/h1-11H,12-13H2/p+1/b16-11-. The quantitative estimate of drug-likeness (QED) is 0.659. The van der Waals surface area contributed by atoms with Crippen LogP contribution in [0, 0.1) is 5.39 Å². The summed E-state index contributed by atoms with van der Waals surface area (Å²) in [7, 11) is 0. The molecule has 2 rings (SSSR count). The molecule has 0 saturated heterocycles. The normalized spacial score (nSPS) is 10.8. The lowest BCUT2D eigenvalue weighted by Crippen LogP contribution is -2.22. The molecule has 2 aromatic rings. The van der Waals surface area contributed by atoms with Crippen LogP contribution in [0.3, 0.4) is 0 Å². The van der Waals surface area contributed by atoms with Crippen LogP contribution in [0.4, 0.5) is 0 Å². The molecule has 0 radical (unpaired) electrons. The van der Waals surface area contributed by atoms with Gasteiger partial charge >= 0.3 is 6.20 Å². The van der Waals surface area contributed by atoms with Gasteiger partial charge in [0.1, 0.15) is 0 Å². The topological polar surface area (TPSA) is 51.6 Å². The minimum Gasteiger partial charge on any atom is -0.489 e. The molecule has 0 bridgehead atoms. The third-order valence-corrected chi connectivity index (χ3v) is 2.93. The molecule has 4 nitrogen and oxygen atoms in total. The molecule has 0 spiro atoms. The molecule has 0 aliphatic rings. The van der Waals surface area contributed by atoms with E-state index >= 15 is 0 Å². The summed E-state index contributed by atoms with van der Waals surface area (Å²) < 4.78 is 0. The lowest BCUT2D eigenvalue weighted by Gasteiger charge is -2.21. The molecule has 4 heteroatoms. The van der Waals surface area contributed by atoms with Gasteiger partial charge in [0.15, 0.2) is 4.98 Å². The summed E-state index contributed by atoms with van der Waals surface area (Å²) in [5.41, 5.74) is 2.14.